The lowest BCUT2D eigenvalue weighted by Crippen LogP contribution is -2.27. The summed E-state index contributed by atoms with van der Waals surface area (Å²) in [5.41, 5.74) is 3.35. The predicted octanol–water partition coefficient (Wildman–Crippen LogP) is 7.27. The van der Waals surface area contributed by atoms with E-state index in [1.54, 1.807) is 53.9 Å². The molecule has 178 valence electrons. The molecule has 1 aromatic heterocycles. The van der Waals surface area contributed by atoms with Crippen molar-refractivity contribution in [2.75, 3.05) is 12.4 Å². The van der Waals surface area contributed by atoms with E-state index in [1.165, 1.54) is 12.0 Å². The number of rotatable bonds is 5. The molecule has 1 heterocycles. The number of hydrogen-bond acceptors (Lipinski definition) is 5. The molecule has 0 bridgehead atoms. The molecular weight excluding hydrogens is 468 g/mol. The van der Waals surface area contributed by atoms with Crippen LogP contribution in [0.25, 0.3) is 0 Å². The first-order valence-electron chi connectivity index (χ1n) is 11.3. The molecule has 5 nitrogen and oxygen atoms in total. The number of carbonyl (C=O) groups excluding carboxylic acids is 1. The van der Waals surface area contributed by atoms with E-state index in [9.17, 15) is 9.90 Å². The smallest absolute Gasteiger partial charge is 0.259 e. The molecule has 1 amide bonds. The number of methoxy groups -OCH3 is 1. The van der Waals surface area contributed by atoms with Gasteiger partial charge >= 0.3 is 0 Å². The topological polar surface area (TPSA) is 70.9 Å². The second-order valence-corrected chi connectivity index (χ2v) is 11.2. The lowest BCUT2D eigenvalue weighted by atomic mass is 9.72. The monoisotopic (exact) mass is 496 g/mol. The number of fused-ring (bicyclic) bond motifs is 1. The quantitative estimate of drug-likeness (QED) is 0.365. The minimum absolute atomic E-state index is 0.0469. The molecule has 0 fully saturated rings. The zero-order valence-corrected chi connectivity index (χ0v) is 21.4. The molecule has 0 aliphatic heterocycles. The van der Waals surface area contributed by atoms with Crippen molar-refractivity contribution >= 4 is 45.7 Å². The van der Waals surface area contributed by atoms with Crippen LogP contribution in [0.4, 0.5) is 10.7 Å². The van der Waals surface area contributed by atoms with E-state index in [0.29, 0.717) is 32.9 Å². The average molecular weight is 497 g/mol. The Balaban J connectivity index is 1.69. The van der Waals surface area contributed by atoms with Gasteiger partial charge in [0, 0.05) is 21.8 Å². The molecular formula is C27H29ClN2O3S. The Morgan fingerprint density at radius 3 is 2.62 bits per heavy atom. The minimum atomic E-state index is -0.168. The van der Waals surface area contributed by atoms with Gasteiger partial charge in [-0.15, -0.1) is 11.3 Å². The van der Waals surface area contributed by atoms with Crippen LogP contribution in [-0.4, -0.2) is 24.3 Å². The summed E-state index contributed by atoms with van der Waals surface area (Å²) in [6.45, 7) is 6.83. The van der Waals surface area contributed by atoms with E-state index in [-0.39, 0.29) is 17.1 Å². The first-order valence-corrected chi connectivity index (χ1v) is 12.5. The molecule has 0 radical (unpaired) electrons. The highest BCUT2D eigenvalue weighted by Crippen LogP contribution is 2.45. The van der Waals surface area contributed by atoms with Crippen molar-refractivity contribution in [3.8, 4) is 11.5 Å². The summed E-state index contributed by atoms with van der Waals surface area (Å²) in [6, 6.07) is 12.2. The molecule has 1 aliphatic rings. The number of aliphatic imine (C=N–C) groups is 1. The third-order valence-electron chi connectivity index (χ3n) is 6.33. The molecule has 0 spiro atoms. The Hall–Kier alpha value is -2.83. The van der Waals surface area contributed by atoms with Gasteiger partial charge in [-0.1, -0.05) is 32.4 Å². The fraction of sp³-hybridized carbons (Fsp3) is 0.333. The largest absolute Gasteiger partial charge is 0.504 e. The summed E-state index contributed by atoms with van der Waals surface area (Å²) in [7, 11) is 1.51. The van der Waals surface area contributed by atoms with Gasteiger partial charge in [0.05, 0.1) is 12.7 Å². The zero-order chi connectivity index (χ0) is 24.5. The number of phenols is 1. The summed E-state index contributed by atoms with van der Waals surface area (Å²) in [4.78, 5) is 19.3. The van der Waals surface area contributed by atoms with E-state index in [1.807, 2.05) is 6.07 Å². The Kier molecular flexibility index (Phi) is 7.01. The van der Waals surface area contributed by atoms with Crippen LogP contribution in [-0.2, 0) is 12.8 Å². The van der Waals surface area contributed by atoms with Gasteiger partial charge in [-0.2, -0.15) is 0 Å². The molecule has 34 heavy (non-hydrogen) atoms. The SMILES string of the molecule is COc1ccc(C=Nc2sc3c(c2C(=O)Nc2ccc(Cl)cc2)CC[C@H](C(C)(C)C)C3)cc1O. The number of amides is 1. The van der Waals surface area contributed by atoms with Crippen LogP contribution in [0.1, 0.15) is 53.6 Å². The predicted molar refractivity (Wildman–Crippen MR) is 141 cm³/mol. The first-order chi connectivity index (χ1) is 16.2. The molecule has 4 rings (SSSR count). The molecule has 0 saturated heterocycles. The number of ether oxygens (including phenoxy) is 1. The molecule has 2 N–H and O–H groups in total. The summed E-state index contributed by atoms with van der Waals surface area (Å²) in [6.07, 6.45) is 4.53. The number of hydrogen-bond donors (Lipinski definition) is 2. The maximum atomic E-state index is 13.4. The third-order valence-corrected chi connectivity index (χ3v) is 7.75. The lowest BCUT2D eigenvalue weighted by Gasteiger charge is -2.33. The van der Waals surface area contributed by atoms with E-state index in [2.05, 4.69) is 26.1 Å². The van der Waals surface area contributed by atoms with Crippen molar-refractivity contribution in [3.63, 3.8) is 0 Å². The average Bonchev–Trinajstić information content (AvgIpc) is 3.16. The fourth-order valence-corrected chi connectivity index (χ4v) is 5.68. The van der Waals surface area contributed by atoms with E-state index in [4.69, 9.17) is 21.3 Å². The number of aromatic hydroxyl groups is 1. The third kappa shape index (κ3) is 5.29. The van der Waals surface area contributed by atoms with Crippen LogP contribution in [0.5, 0.6) is 11.5 Å². The van der Waals surface area contributed by atoms with Crippen LogP contribution < -0.4 is 10.1 Å². The van der Waals surface area contributed by atoms with Crippen molar-refractivity contribution in [1.29, 1.82) is 0 Å². The van der Waals surface area contributed by atoms with Gasteiger partial charge in [0.25, 0.3) is 5.91 Å². The number of nitrogens with one attached hydrogen (secondary N) is 1. The van der Waals surface area contributed by atoms with Crippen LogP contribution in [0, 0.1) is 11.3 Å². The van der Waals surface area contributed by atoms with Crippen molar-refractivity contribution in [1.82, 2.24) is 0 Å². The Morgan fingerprint density at radius 1 is 1.24 bits per heavy atom. The highest BCUT2D eigenvalue weighted by Gasteiger charge is 2.33. The Bertz CT molecular complexity index is 1230. The summed E-state index contributed by atoms with van der Waals surface area (Å²) >= 11 is 7.58. The van der Waals surface area contributed by atoms with Crippen molar-refractivity contribution in [2.24, 2.45) is 16.3 Å². The maximum absolute atomic E-state index is 13.4. The number of thiophene rings is 1. The lowest BCUT2D eigenvalue weighted by molar-refractivity contribution is 0.102. The van der Waals surface area contributed by atoms with Crippen molar-refractivity contribution in [2.45, 2.75) is 40.0 Å². The number of phenolic OH excluding ortho intramolecular Hbond substituents is 1. The number of benzene rings is 2. The standard InChI is InChI=1S/C27H29ClN2O3S/c1-27(2,3)17-6-11-20-23(14-17)34-26(29-15-16-5-12-22(33-4)21(31)13-16)24(20)25(32)30-19-9-7-18(28)8-10-19/h5,7-10,12-13,15,17,31H,6,11,14H2,1-4H3,(H,30,32)/t17-/m0/s1. The first kappa shape index (κ1) is 24.3. The molecule has 2 aromatic carbocycles. The number of carbonyl (C=O) groups is 1. The van der Waals surface area contributed by atoms with E-state index < -0.39 is 0 Å². The summed E-state index contributed by atoms with van der Waals surface area (Å²) in [5.74, 6) is 0.839. The Morgan fingerprint density at radius 2 is 1.97 bits per heavy atom. The van der Waals surface area contributed by atoms with Gasteiger partial charge in [0.2, 0.25) is 0 Å². The number of nitrogens with zero attached hydrogens (tertiary/aromatic N) is 1. The molecule has 1 atom stereocenters. The highest BCUT2D eigenvalue weighted by molar-refractivity contribution is 7.16. The summed E-state index contributed by atoms with van der Waals surface area (Å²) < 4.78 is 5.12. The van der Waals surface area contributed by atoms with Gasteiger partial charge in [0.1, 0.15) is 5.00 Å². The summed E-state index contributed by atoms with van der Waals surface area (Å²) in [5, 5.41) is 14.4. The Labute approximate surface area is 209 Å². The molecule has 0 saturated carbocycles. The van der Waals surface area contributed by atoms with Gasteiger partial charge < -0.3 is 15.2 Å². The molecule has 3 aromatic rings. The van der Waals surface area contributed by atoms with Gasteiger partial charge in [0.15, 0.2) is 11.5 Å². The van der Waals surface area contributed by atoms with Gasteiger partial charge in [-0.25, -0.2) is 4.99 Å². The number of anilines is 1. The number of halogens is 1. The molecule has 0 unspecified atom stereocenters. The van der Waals surface area contributed by atoms with E-state index >= 15 is 0 Å². The highest BCUT2D eigenvalue weighted by atomic mass is 35.5. The van der Waals surface area contributed by atoms with Gasteiger partial charge in [-0.3, -0.25) is 4.79 Å². The van der Waals surface area contributed by atoms with E-state index in [0.717, 1.165) is 30.4 Å². The molecule has 1 aliphatic carbocycles. The van der Waals surface area contributed by atoms with Crippen molar-refractivity contribution < 1.29 is 14.6 Å². The molecule has 7 heteroatoms. The van der Waals surface area contributed by atoms with Crippen LogP contribution in [0.2, 0.25) is 5.02 Å². The van der Waals surface area contributed by atoms with Gasteiger partial charge in [-0.05, 0) is 84.2 Å². The van der Waals surface area contributed by atoms with Crippen LogP contribution in [0.15, 0.2) is 47.5 Å². The van der Waals surface area contributed by atoms with Crippen molar-refractivity contribution in [3.05, 3.63) is 69.1 Å². The normalized spacial score (nSPS) is 15.9. The zero-order valence-electron chi connectivity index (χ0n) is 19.8. The van der Waals surface area contributed by atoms with Crippen LogP contribution >= 0.6 is 22.9 Å². The fourth-order valence-electron chi connectivity index (χ4n) is 4.28. The minimum Gasteiger partial charge on any atom is -0.504 e. The second kappa shape index (κ2) is 9.80. The maximum Gasteiger partial charge on any atom is 0.259 e. The van der Waals surface area contributed by atoms with Crippen LogP contribution in [0.3, 0.4) is 0 Å². The second-order valence-electron chi connectivity index (χ2n) is 9.64.